The van der Waals surface area contributed by atoms with Crippen molar-refractivity contribution in [1.29, 1.82) is 0 Å². The van der Waals surface area contributed by atoms with Crippen molar-refractivity contribution < 1.29 is 17.4 Å². The summed E-state index contributed by atoms with van der Waals surface area (Å²) in [4.78, 5) is 20.9. The number of nitrogens with one attached hydrogen (secondary N) is 2. The van der Waals surface area contributed by atoms with Gasteiger partial charge in [-0.1, -0.05) is 18.2 Å². The van der Waals surface area contributed by atoms with Crippen LogP contribution in [0.2, 0.25) is 0 Å². The number of aromatic nitrogens is 4. The third kappa shape index (κ3) is 4.65. The van der Waals surface area contributed by atoms with Gasteiger partial charge < -0.3 is 4.18 Å². The molecule has 0 aliphatic heterocycles. The quantitative estimate of drug-likeness (QED) is 0.431. The smallest absolute Gasteiger partial charge is 0.339 e. The van der Waals surface area contributed by atoms with E-state index in [1.54, 1.807) is 44.3 Å². The first-order valence-electron chi connectivity index (χ1n) is 9.59. The van der Waals surface area contributed by atoms with Crippen LogP contribution in [0.1, 0.15) is 21.5 Å². The highest BCUT2D eigenvalue weighted by Gasteiger charge is 2.20. The highest BCUT2D eigenvalue weighted by atomic mass is 32.2. The number of anilines is 1. The van der Waals surface area contributed by atoms with Gasteiger partial charge >= 0.3 is 10.1 Å². The summed E-state index contributed by atoms with van der Waals surface area (Å²) in [6, 6.07) is 16.2. The van der Waals surface area contributed by atoms with Crippen LogP contribution in [-0.2, 0) is 10.1 Å². The summed E-state index contributed by atoms with van der Waals surface area (Å²) in [6.45, 7) is 3.50. The second-order valence-electron chi connectivity index (χ2n) is 7.01. The maximum atomic E-state index is 12.6. The molecular formula is C22H19N5O4S. The lowest BCUT2D eigenvalue weighted by atomic mass is 10.2. The second kappa shape index (κ2) is 8.60. The zero-order valence-corrected chi connectivity index (χ0v) is 18.1. The van der Waals surface area contributed by atoms with Crippen molar-refractivity contribution in [1.82, 2.24) is 20.2 Å². The predicted molar refractivity (Wildman–Crippen MR) is 118 cm³/mol. The fourth-order valence-corrected chi connectivity index (χ4v) is 4.17. The van der Waals surface area contributed by atoms with Gasteiger partial charge in [-0.2, -0.15) is 13.4 Å². The Labute approximate surface area is 184 Å². The van der Waals surface area contributed by atoms with Crippen molar-refractivity contribution in [2.24, 2.45) is 0 Å². The van der Waals surface area contributed by atoms with E-state index in [0.717, 1.165) is 5.56 Å². The van der Waals surface area contributed by atoms with Crippen LogP contribution >= 0.6 is 0 Å². The third-order valence-corrected chi connectivity index (χ3v) is 5.94. The maximum Gasteiger partial charge on any atom is 0.339 e. The van der Waals surface area contributed by atoms with Gasteiger partial charge in [-0.05, 0) is 67.4 Å². The van der Waals surface area contributed by atoms with Gasteiger partial charge in [0.1, 0.15) is 16.3 Å². The molecule has 162 valence electrons. The van der Waals surface area contributed by atoms with Crippen molar-refractivity contribution in [3.8, 4) is 17.3 Å². The molecule has 0 fully saturated rings. The zero-order valence-electron chi connectivity index (χ0n) is 17.2. The number of carbonyl (C=O) groups excluding carboxylic acids is 1. The second-order valence-corrected chi connectivity index (χ2v) is 8.52. The number of H-pyrrole nitrogens is 1. The molecule has 0 radical (unpaired) electrons. The standard InChI is InChI=1S/C22H19N5O4S/c1-14-6-7-15(2)19(13-14)32(29,30)31-17-10-8-16(9-11-17)21(28)25-22-24-20(26-27-22)18-5-3-4-12-23-18/h3-13H,1-2H3,(H2,24,25,26,27,28). The summed E-state index contributed by atoms with van der Waals surface area (Å²) in [5.41, 5.74) is 2.27. The number of aryl methyl sites for hydroxylation is 2. The number of rotatable bonds is 6. The largest absolute Gasteiger partial charge is 0.379 e. The van der Waals surface area contributed by atoms with Crippen molar-refractivity contribution in [3.05, 3.63) is 83.6 Å². The Kier molecular flexibility index (Phi) is 5.69. The Bertz CT molecular complexity index is 1370. The van der Waals surface area contributed by atoms with E-state index < -0.39 is 16.0 Å². The summed E-state index contributed by atoms with van der Waals surface area (Å²) >= 11 is 0. The first-order chi connectivity index (χ1) is 15.3. The number of carbonyl (C=O) groups is 1. The van der Waals surface area contributed by atoms with E-state index in [-0.39, 0.29) is 22.2 Å². The Morgan fingerprint density at radius 1 is 1.03 bits per heavy atom. The normalized spacial score (nSPS) is 11.2. The molecular weight excluding hydrogens is 430 g/mol. The van der Waals surface area contributed by atoms with Gasteiger partial charge in [0.15, 0.2) is 5.82 Å². The minimum absolute atomic E-state index is 0.0912. The van der Waals surface area contributed by atoms with Crippen molar-refractivity contribution in [2.45, 2.75) is 18.7 Å². The van der Waals surface area contributed by atoms with Gasteiger partial charge in [0.25, 0.3) is 5.91 Å². The molecule has 2 aromatic heterocycles. The Morgan fingerprint density at radius 3 is 2.53 bits per heavy atom. The van der Waals surface area contributed by atoms with E-state index in [0.29, 0.717) is 17.1 Å². The van der Waals surface area contributed by atoms with E-state index in [9.17, 15) is 13.2 Å². The number of hydrogen-bond acceptors (Lipinski definition) is 7. The zero-order chi connectivity index (χ0) is 22.7. The minimum atomic E-state index is -4.00. The van der Waals surface area contributed by atoms with Gasteiger partial charge in [0.05, 0.1) is 0 Å². The van der Waals surface area contributed by atoms with Gasteiger partial charge in [-0.3, -0.25) is 20.2 Å². The monoisotopic (exact) mass is 449 g/mol. The summed E-state index contributed by atoms with van der Waals surface area (Å²) in [6.07, 6.45) is 1.63. The predicted octanol–water partition coefficient (Wildman–Crippen LogP) is 3.50. The summed E-state index contributed by atoms with van der Waals surface area (Å²) in [5.74, 6) is 0.146. The molecule has 10 heteroatoms. The van der Waals surface area contributed by atoms with Gasteiger partial charge in [0, 0.05) is 11.8 Å². The third-order valence-electron chi connectivity index (χ3n) is 4.55. The van der Waals surface area contributed by atoms with E-state index >= 15 is 0 Å². The lowest BCUT2D eigenvalue weighted by Crippen LogP contribution is -2.14. The van der Waals surface area contributed by atoms with Crippen LogP contribution in [0.4, 0.5) is 5.95 Å². The Hall–Kier alpha value is -4.05. The molecule has 0 saturated heterocycles. The highest BCUT2D eigenvalue weighted by Crippen LogP contribution is 2.23. The SMILES string of the molecule is Cc1ccc(C)c(S(=O)(=O)Oc2ccc(C(=O)Nc3n[nH]c(-c4ccccn4)n3)cc2)c1. The van der Waals surface area contributed by atoms with E-state index in [1.807, 2.05) is 12.1 Å². The molecule has 0 saturated carbocycles. The van der Waals surface area contributed by atoms with Crippen molar-refractivity contribution in [2.75, 3.05) is 5.32 Å². The fourth-order valence-electron chi connectivity index (χ4n) is 2.92. The highest BCUT2D eigenvalue weighted by molar-refractivity contribution is 7.87. The molecule has 0 spiro atoms. The van der Waals surface area contributed by atoms with Gasteiger partial charge in [0.2, 0.25) is 5.95 Å². The van der Waals surface area contributed by atoms with Crippen LogP contribution in [0.25, 0.3) is 11.5 Å². The average molecular weight is 449 g/mol. The number of nitrogens with zero attached hydrogens (tertiary/aromatic N) is 3. The molecule has 0 unspecified atom stereocenters. The molecule has 0 bridgehead atoms. The maximum absolute atomic E-state index is 12.6. The van der Waals surface area contributed by atoms with Gasteiger partial charge in [-0.25, -0.2) is 0 Å². The van der Waals surface area contributed by atoms with E-state index in [4.69, 9.17) is 4.18 Å². The minimum Gasteiger partial charge on any atom is -0.379 e. The number of aromatic amines is 1. The lowest BCUT2D eigenvalue weighted by molar-refractivity contribution is 0.102. The first kappa shape index (κ1) is 21.2. The Balaban J connectivity index is 1.45. The van der Waals surface area contributed by atoms with Crippen LogP contribution in [-0.4, -0.2) is 34.5 Å². The fraction of sp³-hybridized carbons (Fsp3) is 0.0909. The number of hydrogen-bond donors (Lipinski definition) is 2. The van der Waals surface area contributed by atoms with Crippen LogP contribution in [0, 0.1) is 13.8 Å². The average Bonchev–Trinajstić information content (AvgIpc) is 3.24. The molecule has 0 aliphatic rings. The molecule has 4 rings (SSSR count). The molecule has 2 heterocycles. The van der Waals surface area contributed by atoms with E-state index in [2.05, 4.69) is 25.5 Å². The van der Waals surface area contributed by atoms with Crippen molar-refractivity contribution in [3.63, 3.8) is 0 Å². The van der Waals surface area contributed by atoms with Crippen LogP contribution in [0.3, 0.4) is 0 Å². The summed E-state index contributed by atoms with van der Waals surface area (Å²) in [5, 5.41) is 9.25. The summed E-state index contributed by atoms with van der Waals surface area (Å²) < 4.78 is 30.5. The Morgan fingerprint density at radius 2 is 1.81 bits per heavy atom. The van der Waals surface area contributed by atoms with E-state index in [1.165, 1.54) is 24.3 Å². The van der Waals surface area contributed by atoms with Crippen LogP contribution < -0.4 is 9.50 Å². The molecule has 0 aliphatic carbocycles. The topological polar surface area (TPSA) is 127 Å². The molecule has 2 N–H and O–H groups in total. The molecule has 9 nitrogen and oxygen atoms in total. The molecule has 4 aromatic rings. The lowest BCUT2D eigenvalue weighted by Gasteiger charge is -2.10. The van der Waals surface area contributed by atoms with Crippen LogP contribution in [0.15, 0.2) is 71.8 Å². The summed E-state index contributed by atoms with van der Waals surface area (Å²) in [7, 11) is -4.00. The number of pyridine rings is 1. The molecule has 2 aromatic carbocycles. The van der Waals surface area contributed by atoms with Crippen molar-refractivity contribution >= 4 is 22.0 Å². The first-order valence-corrected chi connectivity index (χ1v) is 11.0. The van der Waals surface area contributed by atoms with Crippen LogP contribution in [0.5, 0.6) is 5.75 Å². The van der Waals surface area contributed by atoms with Gasteiger partial charge in [-0.15, -0.1) is 5.10 Å². The molecule has 32 heavy (non-hydrogen) atoms. The number of benzene rings is 2. The molecule has 0 atom stereocenters. The molecule has 1 amide bonds. The number of amides is 1.